The molecule has 48 valence electrons. The monoisotopic (exact) mass is 142 g/mol. The SMILES string of the molecule is Oc1sc(O)c2c1CC2. The molecule has 2 rings (SSSR count). The lowest BCUT2D eigenvalue weighted by Gasteiger charge is -2.11. The minimum Gasteiger partial charge on any atom is -0.499 e. The van der Waals surface area contributed by atoms with Crippen LogP contribution < -0.4 is 0 Å². The molecule has 0 aliphatic heterocycles. The summed E-state index contributed by atoms with van der Waals surface area (Å²) < 4.78 is 0. The molecule has 0 radical (unpaired) electrons. The van der Waals surface area contributed by atoms with Crippen LogP contribution in [0.25, 0.3) is 0 Å². The van der Waals surface area contributed by atoms with Crippen LogP contribution in [0.5, 0.6) is 10.1 Å². The maximum atomic E-state index is 9.03. The van der Waals surface area contributed by atoms with Crippen molar-refractivity contribution in [2.75, 3.05) is 0 Å². The lowest BCUT2D eigenvalue weighted by molar-refractivity contribution is 0.472. The van der Waals surface area contributed by atoms with Gasteiger partial charge in [-0.3, -0.25) is 0 Å². The zero-order valence-corrected chi connectivity index (χ0v) is 5.53. The summed E-state index contributed by atoms with van der Waals surface area (Å²) in [6.07, 6.45) is 1.86. The average molecular weight is 142 g/mol. The Kier molecular flexibility index (Phi) is 0.805. The van der Waals surface area contributed by atoms with E-state index in [1.165, 1.54) is 0 Å². The van der Waals surface area contributed by atoms with Crippen molar-refractivity contribution in [3.8, 4) is 10.1 Å². The molecule has 0 spiro atoms. The van der Waals surface area contributed by atoms with Crippen molar-refractivity contribution < 1.29 is 10.2 Å². The number of hydrogen-bond donors (Lipinski definition) is 2. The van der Waals surface area contributed by atoms with E-state index in [1.807, 2.05) is 0 Å². The highest BCUT2D eigenvalue weighted by molar-refractivity contribution is 7.15. The van der Waals surface area contributed by atoms with E-state index < -0.39 is 0 Å². The van der Waals surface area contributed by atoms with Crippen LogP contribution in [-0.4, -0.2) is 10.2 Å². The van der Waals surface area contributed by atoms with Gasteiger partial charge in [0.15, 0.2) is 10.1 Å². The van der Waals surface area contributed by atoms with Crippen molar-refractivity contribution in [2.45, 2.75) is 12.8 Å². The van der Waals surface area contributed by atoms with Crippen molar-refractivity contribution >= 4 is 11.3 Å². The van der Waals surface area contributed by atoms with Gasteiger partial charge in [-0.2, -0.15) is 0 Å². The lowest BCUT2D eigenvalue weighted by Crippen LogP contribution is -2.03. The lowest BCUT2D eigenvalue weighted by atomic mass is 9.93. The minimum atomic E-state index is 0.300. The van der Waals surface area contributed by atoms with E-state index in [2.05, 4.69) is 0 Å². The molecule has 2 N–H and O–H groups in total. The van der Waals surface area contributed by atoms with E-state index in [0.29, 0.717) is 10.1 Å². The second-order valence-electron chi connectivity index (χ2n) is 2.17. The van der Waals surface area contributed by atoms with Crippen LogP contribution >= 0.6 is 11.3 Å². The Hall–Kier alpha value is -0.700. The zero-order chi connectivity index (χ0) is 6.43. The van der Waals surface area contributed by atoms with Gasteiger partial charge in [0.05, 0.1) is 0 Å². The maximum Gasteiger partial charge on any atom is 0.178 e. The van der Waals surface area contributed by atoms with Crippen molar-refractivity contribution in [3.63, 3.8) is 0 Å². The quantitative estimate of drug-likeness (QED) is 0.572. The fourth-order valence-corrected chi connectivity index (χ4v) is 1.94. The van der Waals surface area contributed by atoms with E-state index in [9.17, 15) is 0 Å². The molecule has 1 aromatic heterocycles. The summed E-state index contributed by atoms with van der Waals surface area (Å²) in [5.41, 5.74) is 1.91. The molecular weight excluding hydrogens is 136 g/mol. The Balaban J connectivity index is 2.67. The van der Waals surface area contributed by atoms with Crippen LogP contribution in [0, 0.1) is 0 Å². The number of aromatic hydroxyl groups is 2. The highest BCUT2D eigenvalue weighted by Gasteiger charge is 2.24. The van der Waals surface area contributed by atoms with Crippen LogP contribution in [0.4, 0.5) is 0 Å². The van der Waals surface area contributed by atoms with Crippen LogP contribution in [0.2, 0.25) is 0 Å². The topological polar surface area (TPSA) is 40.5 Å². The predicted octanol–water partition coefficient (Wildman–Crippen LogP) is 1.26. The summed E-state index contributed by atoms with van der Waals surface area (Å²) in [5, 5.41) is 18.7. The molecule has 0 fully saturated rings. The fraction of sp³-hybridized carbons (Fsp3) is 0.333. The first-order chi connectivity index (χ1) is 4.29. The Morgan fingerprint density at radius 3 is 1.67 bits per heavy atom. The van der Waals surface area contributed by atoms with Crippen LogP contribution in [0.3, 0.4) is 0 Å². The Bertz CT molecular complexity index is 227. The smallest absolute Gasteiger partial charge is 0.178 e. The third kappa shape index (κ3) is 0.498. The zero-order valence-electron chi connectivity index (χ0n) is 4.72. The summed E-state index contributed by atoms with van der Waals surface area (Å²) in [7, 11) is 0. The number of fused-ring (bicyclic) bond motifs is 1. The normalized spacial score (nSPS) is 14.7. The molecule has 0 saturated carbocycles. The van der Waals surface area contributed by atoms with Crippen LogP contribution in [0.1, 0.15) is 11.1 Å². The van der Waals surface area contributed by atoms with Gasteiger partial charge >= 0.3 is 0 Å². The van der Waals surface area contributed by atoms with Crippen molar-refractivity contribution in [1.29, 1.82) is 0 Å². The van der Waals surface area contributed by atoms with Crippen molar-refractivity contribution in [1.82, 2.24) is 0 Å². The van der Waals surface area contributed by atoms with Gasteiger partial charge in [-0.15, -0.1) is 0 Å². The van der Waals surface area contributed by atoms with Gasteiger partial charge in [0.2, 0.25) is 0 Å². The molecule has 0 bridgehead atoms. The number of thiophene rings is 1. The summed E-state index contributed by atoms with van der Waals surface area (Å²) in [6, 6.07) is 0. The molecule has 1 aliphatic rings. The summed E-state index contributed by atoms with van der Waals surface area (Å²) in [4.78, 5) is 0. The Morgan fingerprint density at radius 2 is 1.44 bits per heavy atom. The first kappa shape index (κ1) is 5.11. The largest absolute Gasteiger partial charge is 0.499 e. The molecule has 0 amide bonds. The van der Waals surface area contributed by atoms with Crippen LogP contribution in [0.15, 0.2) is 0 Å². The van der Waals surface area contributed by atoms with Gasteiger partial charge in [0.25, 0.3) is 0 Å². The third-order valence-electron chi connectivity index (χ3n) is 1.70. The number of hydrogen-bond acceptors (Lipinski definition) is 3. The molecule has 0 saturated heterocycles. The third-order valence-corrected chi connectivity index (χ3v) is 2.58. The standard InChI is InChI=1S/C6H6O2S/c7-5-3-1-2-4(3)6(8)9-5/h7-8H,1-2H2. The molecule has 0 aromatic carbocycles. The van der Waals surface area contributed by atoms with Crippen molar-refractivity contribution in [2.24, 2.45) is 0 Å². The minimum absolute atomic E-state index is 0.300. The molecule has 0 atom stereocenters. The van der Waals surface area contributed by atoms with Gasteiger partial charge in [-0.05, 0) is 12.8 Å². The molecule has 1 aliphatic carbocycles. The van der Waals surface area contributed by atoms with E-state index in [-0.39, 0.29) is 0 Å². The average Bonchev–Trinajstić information content (AvgIpc) is 1.73. The Labute approximate surface area is 56.4 Å². The molecule has 9 heavy (non-hydrogen) atoms. The molecule has 1 aromatic rings. The van der Waals surface area contributed by atoms with Crippen LogP contribution in [-0.2, 0) is 12.8 Å². The summed E-state index contributed by atoms with van der Waals surface area (Å²) >= 11 is 1.07. The summed E-state index contributed by atoms with van der Waals surface area (Å²) in [6.45, 7) is 0. The van der Waals surface area contributed by atoms with Gasteiger partial charge in [0.1, 0.15) is 0 Å². The van der Waals surface area contributed by atoms with Gasteiger partial charge in [0, 0.05) is 11.1 Å². The molecular formula is C6H6O2S. The molecule has 0 unspecified atom stereocenters. The summed E-state index contributed by atoms with van der Waals surface area (Å²) in [5.74, 6) is 0. The van der Waals surface area contributed by atoms with E-state index in [4.69, 9.17) is 10.2 Å². The van der Waals surface area contributed by atoms with Gasteiger partial charge in [-0.25, -0.2) is 0 Å². The molecule has 3 heteroatoms. The molecule has 2 nitrogen and oxygen atoms in total. The number of rotatable bonds is 0. The van der Waals surface area contributed by atoms with Gasteiger partial charge < -0.3 is 10.2 Å². The van der Waals surface area contributed by atoms with E-state index >= 15 is 0 Å². The highest BCUT2D eigenvalue weighted by Crippen LogP contribution is 2.45. The Morgan fingerprint density at radius 1 is 1.00 bits per heavy atom. The van der Waals surface area contributed by atoms with Crippen molar-refractivity contribution in [3.05, 3.63) is 11.1 Å². The van der Waals surface area contributed by atoms with E-state index in [1.54, 1.807) is 0 Å². The van der Waals surface area contributed by atoms with E-state index in [0.717, 1.165) is 35.3 Å². The first-order valence-corrected chi connectivity index (χ1v) is 3.63. The predicted molar refractivity (Wildman–Crippen MR) is 35.1 cm³/mol. The fourth-order valence-electron chi connectivity index (χ4n) is 1.06. The maximum absolute atomic E-state index is 9.03. The van der Waals surface area contributed by atoms with Gasteiger partial charge in [-0.1, -0.05) is 11.3 Å². The second kappa shape index (κ2) is 1.42. The highest BCUT2D eigenvalue weighted by atomic mass is 32.1. The molecule has 1 heterocycles. The first-order valence-electron chi connectivity index (χ1n) is 2.81. The second-order valence-corrected chi connectivity index (χ2v) is 3.15.